The first-order valence-corrected chi connectivity index (χ1v) is 6.37. The predicted molar refractivity (Wildman–Crippen MR) is 67.7 cm³/mol. The number of benzene rings is 1. The molecular formula is C15H22O. The number of rotatable bonds is 2. The van der Waals surface area contributed by atoms with E-state index in [-0.39, 0.29) is 6.10 Å². The van der Waals surface area contributed by atoms with Crippen LogP contribution >= 0.6 is 0 Å². The maximum absolute atomic E-state index is 9.77. The lowest BCUT2D eigenvalue weighted by molar-refractivity contribution is 0.136. The average molecular weight is 218 g/mol. The summed E-state index contributed by atoms with van der Waals surface area (Å²) in [7, 11) is 0. The van der Waals surface area contributed by atoms with Crippen molar-refractivity contribution < 1.29 is 5.11 Å². The van der Waals surface area contributed by atoms with E-state index in [9.17, 15) is 5.11 Å². The minimum Gasteiger partial charge on any atom is -0.393 e. The molecule has 1 fully saturated rings. The lowest BCUT2D eigenvalue weighted by Gasteiger charge is -2.18. The van der Waals surface area contributed by atoms with Crippen LogP contribution in [0.3, 0.4) is 0 Å². The van der Waals surface area contributed by atoms with Gasteiger partial charge in [0.25, 0.3) is 0 Å². The van der Waals surface area contributed by atoms with Gasteiger partial charge in [-0.15, -0.1) is 0 Å². The van der Waals surface area contributed by atoms with Gasteiger partial charge in [0.05, 0.1) is 6.10 Å². The predicted octanol–water partition coefficient (Wildman–Crippen LogP) is 3.68. The molecule has 0 saturated heterocycles. The summed E-state index contributed by atoms with van der Waals surface area (Å²) in [6, 6.07) is 8.96. The lowest BCUT2D eigenvalue weighted by atomic mass is 9.88. The summed E-state index contributed by atoms with van der Waals surface area (Å²) in [6.07, 6.45) is 1.98. The molecule has 1 nitrogen and oxygen atoms in total. The Labute approximate surface area is 98.5 Å². The topological polar surface area (TPSA) is 20.2 Å². The zero-order chi connectivity index (χ0) is 11.7. The first-order valence-electron chi connectivity index (χ1n) is 6.37. The third-order valence-electron chi connectivity index (χ3n) is 4.05. The third-order valence-corrected chi connectivity index (χ3v) is 4.05. The molecule has 0 bridgehead atoms. The van der Waals surface area contributed by atoms with Gasteiger partial charge < -0.3 is 5.11 Å². The van der Waals surface area contributed by atoms with Crippen LogP contribution in [0.15, 0.2) is 24.3 Å². The Morgan fingerprint density at radius 1 is 1.12 bits per heavy atom. The van der Waals surface area contributed by atoms with Gasteiger partial charge in [0, 0.05) is 0 Å². The smallest absolute Gasteiger partial charge is 0.0571 e. The Kier molecular flexibility index (Phi) is 3.34. The van der Waals surface area contributed by atoms with Gasteiger partial charge in [0.15, 0.2) is 0 Å². The number of aliphatic hydroxyl groups excluding tert-OH is 1. The minimum atomic E-state index is -0.102. The van der Waals surface area contributed by atoms with Gasteiger partial charge in [-0.1, -0.05) is 45.0 Å². The molecular weight excluding hydrogens is 196 g/mol. The molecule has 0 amide bonds. The van der Waals surface area contributed by atoms with E-state index in [0.717, 1.165) is 12.8 Å². The SMILES string of the molecule is CC(C)c1ccc(C2CCC(O)C2C)cc1. The summed E-state index contributed by atoms with van der Waals surface area (Å²) in [5.74, 6) is 1.56. The molecule has 1 aromatic rings. The van der Waals surface area contributed by atoms with E-state index in [0.29, 0.717) is 17.8 Å². The van der Waals surface area contributed by atoms with Crippen molar-refractivity contribution in [3.8, 4) is 0 Å². The number of aliphatic hydroxyl groups is 1. The van der Waals surface area contributed by atoms with Crippen molar-refractivity contribution in [1.82, 2.24) is 0 Å². The molecule has 88 valence electrons. The van der Waals surface area contributed by atoms with Gasteiger partial charge in [-0.05, 0) is 41.7 Å². The molecule has 3 atom stereocenters. The molecule has 1 saturated carbocycles. The maximum atomic E-state index is 9.77. The van der Waals surface area contributed by atoms with Crippen LogP contribution in [0.1, 0.15) is 56.6 Å². The molecule has 0 spiro atoms. The van der Waals surface area contributed by atoms with Crippen LogP contribution in [-0.2, 0) is 0 Å². The zero-order valence-electron chi connectivity index (χ0n) is 10.5. The fourth-order valence-corrected chi connectivity index (χ4v) is 2.74. The van der Waals surface area contributed by atoms with Crippen LogP contribution in [0.5, 0.6) is 0 Å². The standard InChI is InChI=1S/C15H22O/c1-10(2)12-4-6-13(7-5-12)14-8-9-15(16)11(14)3/h4-7,10-11,14-16H,8-9H2,1-3H3. The first-order chi connectivity index (χ1) is 7.59. The molecule has 1 N–H and O–H groups in total. The minimum absolute atomic E-state index is 0.102. The molecule has 16 heavy (non-hydrogen) atoms. The first kappa shape index (κ1) is 11.7. The average Bonchev–Trinajstić information content (AvgIpc) is 2.60. The second kappa shape index (κ2) is 4.58. The van der Waals surface area contributed by atoms with Crippen molar-refractivity contribution in [1.29, 1.82) is 0 Å². The summed E-state index contributed by atoms with van der Waals surface area (Å²) >= 11 is 0. The van der Waals surface area contributed by atoms with Crippen LogP contribution in [0, 0.1) is 5.92 Å². The highest BCUT2D eigenvalue weighted by Gasteiger charge is 2.32. The molecule has 1 aliphatic rings. The normalized spacial score (nSPS) is 29.9. The quantitative estimate of drug-likeness (QED) is 0.802. The summed E-state index contributed by atoms with van der Waals surface area (Å²) in [5.41, 5.74) is 2.79. The largest absolute Gasteiger partial charge is 0.393 e. The van der Waals surface area contributed by atoms with Crippen molar-refractivity contribution >= 4 is 0 Å². The van der Waals surface area contributed by atoms with Gasteiger partial charge in [0.1, 0.15) is 0 Å². The molecule has 0 aromatic heterocycles. The van der Waals surface area contributed by atoms with Crippen LogP contribution in [0.25, 0.3) is 0 Å². The molecule has 3 unspecified atom stereocenters. The van der Waals surface area contributed by atoms with E-state index in [2.05, 4.69) is 45.0 Å². The van der Waals surface area contributed by atoms with Crippen molar-refractivity contribution in [2.45, 2.75) is 51.6 Å². The summed E-state index contributed by atoms with van der Waals surface area (Å²) in [6.45, 7) is 6.60. The summed E-state index contributed by atoms with van der Waals surface area (Å²) in [5, 5.41) is 9.77. The third kappa shape index (κ3) is 2.15. The van der Waals surface area contributed by atoms with Gasteiger partial charge in [-0.25, -0.2) is 0 Å². The summed E-state index contributed by atoms with van der Waals surface area (Å²) in [4.78, 5) is 0. The monoisotopic (exact) mass is 218 g/mol. The Bertz CT molecular complexity index is 339. The maximum Gasteiger partial charge on any atom is 0.0571 e. The van der Waals surface area contributed by atoms with Gasteiger partial charge in [-0.2, -0.15) is 0 Å². The Balaban J connectivity index is 2.16. The summed E-state index contributed by atoms with van der Waals surface area (Å²) < 4.78 is 0. The molecule has 1 heteroatoms. The lowest BCUT2D eigenvalue weighted by Crippen LogP contribution is -2.14. The van der Waals surface area contributed by atoms with Crippen molar-refractivity contribution in [2.75, 3.05) is 0 Å². The van der Waals surface area contributed by atoms with Crippen LogP contribution < -0.4 is 0 Å². The van der Waals surface area contributed by atoms with E-state index in [1.807, 2.05) is 0 Å². The van der Waals surface area contributed by atoms with E-state index in [1.165, 1.54) is 11.1 Å². The van der Waals surface area contributed by atoms with Gasteiger partial charge >= 0.3 is 0 Å². The highest BCUT2D eigenvalue weighted by atomic mass is 16.3. The fourth-order valence-electron chi connectivity index (χ4n) is 2.74. The van der Waals surface area contributed by atoms with Crippen LogP contribution in [-0.4, -0.2) is 11.2 Å². The molecule has 2 rings (SSSR count). The van der Waals surface area contributed by atoms with E-state index >= 15 is 0 Å². The van der Waals surface area contributed by atoms with E-state index in [4.69, 9.17) is 0 Å². The fraction of sp³-hybridized carbons (Fsp3) is 0.600. The molecule has 1 aromatic carbocycles. The van der Waals surface area contributed by atoms with E-state index in [1.54, 1.807) is 0 Å². The molecule has 0 aliphatic heterocycles. The van der Waals surface area contributed by atoms with E-state index < -0.39 is 0 Å². The Morgan fingerprint density at radius 2 is 1.75 bits per heavy atom. The van der Waals surface area contributed by atoms with Gasteiger partial charge in [-0.3, -0.25) is 0 Å². The number of hydrogen-bond donors (Lipinski definition) is 1. The molecule has 0 radical (unpaired) electrons. The van der Waals surface area contributed by atoms with Crippen molar-refractivity contribution in [3.63, 3.8) is 0 Å². The highest BCUT2D eigenvalue weighted by Crippen LogP contribution is 2.39. The highest BCUT2D eigenvalue weighted by molar-refractivity contribution is 5.28. The second-order valence-electron chi connectivity index (χ2n) is 5.43. The number of hydrogen-bond acceptors (Lipinski definition) is 1. The Morgan fingerprint density at radius 3 is 2.19 bits per heavy atom. The molecule has 1 aliphatic carbocycles. The zero-order valence-corrected chi connectivity index (χ0v) is 10.5. The van der Waals surface area contributed by atoms with Crippen molar-refractivity contribution in [2.24, 2.45) is 5.92 Å². The second-order valence-corrected chi connectivity index (χ2v) is 5.43. The van der Waals surface area contributed by atoms with Crippen molar-refractivity contribution in [3.05, 3.63) is 35.4 Å². The van der Waals surface area contributed by atoms with Gasteiger partial charge in [0.2, 0.25) is 0 Å². The molecule has 0 heterocycles. The van der Waals surface area contributed by atoms with Crippen LogP contribution in [0.4, 0.5) is 0 Å². The van der Waals surface area contributed by atoms with Crippen LogP contribution in [0.2, 0.25) is 0 Å². The Hall–Kier alpha value is -0.820.